The number of nitrogens with one attached hydrogen (secondary N) is 2. The van der Waals surface area contributed by atoms with Crippen LogP contribution in [0.15, 0.2) is 54.6 Å². The number of amides is 2. The van der Waals surface area contributed by atoms with E-state index in [1.54, 1.807) is 36.4 Å². The minimum Gasteiger partial charge on any atom is -0.467 e. The molecule has 2 aromatic rings. The molecule has 6 nitrogen and oxygen atoms in total. The third kappa shape index (κ3) is 5.41. The number of carbonyl (C=O) groups excluding carboxylic acids is 3. The number of esters is 1. The Kier molecular flexibility index (Phi) is 6.84. The zero-order chi connectivity index (χ0) is 18.9. The van der Waals surface area contributed by atoms with Crippen molar-refractivity contribution in [3.05, 3.63) is 71.5 Å². The van der Waals surface area contributed by atoms with E-state index in [4.69, 9.17) is 0 Å². The number of hydrogen-bond acceptors (Lipinski definition) is 4. The predicted molar refractivity (Wildman–Crippen MR) is 92.8 cm³/mol. The largest absolute Gasteiger partial charge is 0.467 e. The molecular weight excluding hydrogens is 339 g/mol. The molecule has 0 heterocycles. The van der Waals surface area contributed by atoms with Crippen molar-refractivity contribution in [2.45, 2.75) is 12.5 Å². The van der Waals surface area contributed by atoms with Gasteiger partial charge < -0.3 is 15.4 Å². The molecule has 2 aromatic carbocycles. The molecule has 2 rings (SSSR count). The van der Waals surface area contributed by atoms with Crippen molar-refractivity contribution < 1.29 is 23.5 Å². The molecule has 0 bridgehead atoms. The number of rotatable bonds is 7. The van der Waals surface area contributed by atoms with Gasteiger partial charge in [-0.3, -0.25) is 9.59 Å². The predicted octanol–water partition coefficient (Wildman–Crippen LogP) is 1.46. The molecule has 0 saturated heterocycles. The van der Waals surface area contributed by atoms with Crippen molar-refractivity contribution in [1.82, 2.24) is 10.6 Å². The number of carbonyl (C=O) groups is 3. The van der Waals surface area contributed by atoms with E-state index in [1.165, 1.54) is 25.3 Å². The van der Waals surface area contributed by atoms with Crippen LogP contribution in [0.4, 0.5) is 4.39 Å². The fourth-order valence-electron chi connectivity index (χ4n) is 2.32. The first-order valence-corrected chi connectivity index (χ1v) is 7.95. The Morgan fingerprint density at radius 3 is 2.35 bits per heavy atom. The van der Waals surface area contributed by atoms with Crippen molar-refractivity contribution in [2.75, 3.05) is 13.7 Å². The lowest BCUT2D eigenvalue weighted by atomic mass is 10.1. The van der Waals surface area contributed by atoms with Crippen molar-refractivity contribution in [2.24, 2.45) is 0 Å². The summed E-state index contributed by atoms with van der Waals surface area (Å²) in [6, 6.07) is 13.3. The Labute approximate surface area is 150 Å². The third-order valence-corrected chi connectivity index (χ3v) is 3.65. The van der Waals surface area contributed by atoms with Gasteiger partial charge in [-0.2, -0.15) is 0 Å². The van der Waals surface area contributed by atoms with Crippen LogP contribution in [-0.2, 0) is 20.7 Å². The van der Waals surface area contributed by atoms with Crippen LogP contribution in [0.5, 0.6) is 0 Å². The summed E-state index contributed by atoms with van der Waals surface area (Å²) in [5.41, 5.74) is 0.688. The SMILES string of the molecule is COC(=O)[C@@H](Cc1ccccc1F)NC(=O)CNC(=O)c1ccccc1. The maximum absolute atomic E-state index is 13.8. The molecule has 136 valence electrons. The molecule has 2 amide bonds. The second-order valence-corrected chi connectivity index (χ2v) is 5.49. The van der Waals surface area contributed by atoms with E-state index >= 15 is 0 Å². The average molecular weight is 358 g/mol. The number of benzene rings is 2. The standard InChI is InChI=1S/C19H19FN2O4/c1-26-19(25)16(11-14-9-5-6-10-15(14)20)22-17(23)12-21-18(24)13-7-3-2-4-8-13/h2-10,16H,11-12H2,1H3,(H,21,24)(H,22,23)/t16-/m1/s1. The van der Waals surface area contributed by atoms with E-state index < -0.39 is 29.6 Å². The number of hydrogen-bond donors (Lipinski definition) is 2. The van der Waals surface area contributed by atoms with E-state index in [1.807, 2.05) is 0 Å². The van der Waals surface area contributed by atoms with Crippen LogP contribution in [0.3, 0.4) is 0 Å². The summed E-state index contributed by atoms with van der Waals surface area (Å²) in [5, 5.41) is 4.91. The van der Waals surface area contributed by atoms with E-state index in [2.05, 4.69) is 15.4 Å². The van der Waals surface area contributed by atoms with Gasteiger partial charge in [-0.15, -0.1) is 0 Å². The highest BCUT2D eigenvalue weighted by atomic mass is 19.1. The second-order valence-electron chi connectivity index (χ2n) is 5.49. The normalized spacial score (nSPS) is 11.3. The quantitative estimate of drug-likeness (QED) is 0.734. The van der Waals surface area contributed by atoms with Gasteiger partial charge in [0, 0.05) is 12.0 Å². The molecule has 0 saturated carbocycles. The Bertz CT molecular complexity index is 780. The number of halogens is 1. The first-order valence-electron chi connectivity index (χ1n) is 7.95. The summed E-state index contributed by atoms with van der Waals surface area (Å²) in [6.07, 6.45) is -0.0578. The van der Waals surface area contributed by atoms with Gasteiger partial charge >= 0.3 is 5.97 Å². The lowest BCUT2D eigenvalue weighted by molar-refractivity contribution is -0.144. The molecule has 0 radical (unpaired) electrons. The van der Waals surface area contributed by atoms with Gasteiger partial charge in [-0.25, -0.2) is 9.18 Å². The smallest absolute Gasteiger partial charge is 0.328 e. The summed E-state index contributed by atoms with van der Waals surface area (Å²) in [5.74, 6) is -2.17. The minimum atomic E-state index is -1.06. The fraction of sp³-hybridized carbons (Fsp3) is 0.211. The van der Waals surface area contributed by atoms with Crippen LogP contribution in [0.1, 0.15) is 15.9 Å². The van der Waals surface area contributed by atoms with Gasteiger partial charge in [0.1, 0.15) is 11.9 Å². The molecule has 26 heavy (non-hydrogen) atoms. The van der Waals surface area contributed by atoms with Crippen LogP contribution in [0.2, 0.25) is 0 Å². The van der Waals surface area contributed by atoms with Crippen molar-refractivity contribution in [3.8, 4) is 0 Å². The van der Waals surface area contributed by atoms with Gasteiger partial charge in [-0.05, 0) is 23.8 Å². The van der Waals surface area contributed by atoms with Crippen LogP contribution < -0.4 is 10.6 Å². The Balaban J connectivity index is 1.95. The molecule has 0 aliphatic heterocycles. The van der Waals surface area contributed by atoms with E-state index in [-0.39, 0.29) is 18.5 Å². The summed E-state index contributed by atoms with van der Waals surface area (Å²) >= 11 is 0. The van der Waals surface area contributed by atoms with E-state index in [0.29, 0.717) is 5.56 Å². The summed E-state index contributed by atoms with van der Waals surface area (Å²) in [4.78, 5) is 35.9. The molecule has 1 atom stereocenters. The molecule has 0 unspecified atom stereocenters. The first kappa shape index (κ1) is 19.1. The van der Waals surface area contributed by atoms with Crippen LogP contribution in [0, 0.1) is 5.82 Å². The fourth-order valence-corrected chi connectivity index (χ4v) is 2.32. The van der Waals surface area contributed by atoms with E-state index in [9.17, 15) is 18.8 Å². The van der Waals surface area contributed by atoms with E-state index in [0.717, 1.165) is 0 Å². The molecular formula is C19H19FN2O4. The highest BCUT2D eigenvalue weighted by Crippen LogP contribution is 2.10. The number of ether oxygens (including phenoxy) is 1. The van der Waals surface area contributed by atoms with Crippen molar-refractivity contribution >= 4 is 17.8 Å². The van der Waals surface area contributed by atoms with Crippen molar-refractivity contribution in [1.29, 1.82) is 0 Å². The van der Waals surface area contributed by atoms with Gasteiger partial charge in [0.2, 0.25) is 5.91 Å². The Morgan fingerprint density at radius 2 is 1.69 bits per heavy atom. The zero-order valence-electron chi connectivity index (χ0n) is 14.2. The van der Waals surface area contributed by atoms with Gasteiger partial charge in [0.25, 0.3) is 5.91 Å². The number of methoxy groups -OCH3 is 1. The van der Waals surface area contributed by atoms with Gasteiger partial charge in [0.05, 0.1) is 13.7 Å². The van der Waals surface area contributed by atoms with Gasteiger partial charge in [-0.1, -0.05) is 36.4 Å². The Morgan fingerprint density at radius 1 is 1.04 bits per heavy atom. The van der Waals surface area contributed by atoms with Crippen LogP contribution in [0.25, 0.3) is 0 Å². The lowest BCUT2D eigenvalue weighted by Gasteiger charge is -2.17. The zero-order valence-corrected chi connectivity index (χ0v) is 14.2. The maximum Gasteiger partial charge on any atom is 0.328 e. The highest BCUT2D eigenvalue weighted by molar-refractivity contribution is 5.96. The summed E-state index contributed by atoms with van der Waals surface area (Å²) in [6.45, 7) is -0.321. The molecule has 0 fully saturated rings. The Hall–Kier alpha value is -3.22. The highest BCUT2D eigenvalue weighted by Gasteiger charge is 2.23. The molecule has 2 N–H and O–H groups in total. The minimum absolute atomic E-state index is 0.0578. The molecule has 7 heteroatoms. The molecule has 0 aliphatic carbocycles. The van der Waals surface area contributed by atoms with Crippen LogP contribution in [-0.4, -0.2) is 37.5 Å². The molecule has 0 aliphatic rings. The monoisotopic (exact) mass is 358 g/mol. The first-order chi connectivity index (χ1) is 12.5. The lowest BCUT2D eigenvalue weighted by Crippen LogP contribution is -2.47. The maximum atomic E-state index is 13.8. The summed E-state index contributed by atoms with van der Waals surface area (Å²) < 4.78 is 18.4. The average Bonchev–Trinajstić information content (AvgIpc) is 2.67. The second kappa shape index (κ2) is 9.31. The third-order valence-electron chi connectivity index (χ3n) is 3.65. The topological polar surface area (TPSA) is 84.5 Å². The molecule has 0 spiro atoms. The molecule has 0 aromatic heterocycles. The van der Waals surface area contributed by atoms with Crippen LogP contribution >= 0.6 is 0 Å². The summed E-state index contributed by atoms with van der Waals surface area (Å²) in [7, 11) is 1.18. The van der Waals surface area contributed by atoms with Crippen molar-refractivity contribution in [3.63, 3.8) is 0 Å². The van der Waals surface area contributed by atoms with Gasteiger partial charge in [0.15, 0.2) is 0 Å².